The SMILES string of the molecule is Cc1cc(CN(Cc2ccccn2)C2CCCNCC2)on1.Cl. The van der Waals surface area contributed by atoms with Crippen molar-refractivity contribution in [2.24, 2.45) is 0 Å². The first-order valence-corrected chi connectivity index (χ1v) is 8.08. The van der Waals surface area contributed by atoms with E-state index in [4.69, 9.17) is 4.52 Å². The fraction of sp³-hybridized carbons (Fsp3) is 0.529. The van der Waals surface area contributed by atoms with Crippen molar-refractivity contribution in [2.75, 3.05) is 13.1 Å². The predicted octanol–water partition coefficient (Wildman–Crippen LogP) is 2.94. The van der Waals surface area contributed by atoms with Gasteiger partial charge < -0.3 is 9.84 Å². The molecule has 1 unspecified atom stereocenters. The molecule has 1 fully saturated rings. The molecule has 1 aliphatic rings. The first-order valence-electron chi connectivity index (χ1n) is 8.08. The maximum Gasteiger partial charge on any atom is 0.150 e. The highest BCUT2D eigenvalue weighted by Gasteiger charge is 2.22. The van der Waals surface area contributed by atoms with E-state index < -0.39 is 0 Å². The highest BCUT2D eigenvalue weighted by molar-refractivity contribution is 5.85. The number of aromatic nitrogens is 2. The van der Waals surface area contributed by atoms with Gasteiger partial charge in [0.15, 0.2) is 5.76 Å². The molecule has 6 heteroatoms. The molecule has 126 valence electrons. The normalized spacial score (nSPS) is 18.4. The van der Waals surface area contributed by atoms with Crippen molar-refractivity contribution in [2.45, 2.75) is 45.3 Å². The number of rotatable bonds is 5. The van der Waals surface area contributed by atoms with Crippen LogP contribution in [0.15, 0.2) is 35.0 Å². The van der Waals surface area contributed by atoms with Gasteiger partial charge in [-0.2, -0.15) is 0 Å². The van der Waals surface area contributed by atoms with Crippen LogP contribution in [-0.4, -0.2) is 34.2 Å². The van der Waals surface area contributed by atoms with Gasteiger partial charge in [-0.05, 0) is 51.4 Å². The summed E-state index contributed by atoms with van der Waals surface area (Å²) in [6, 6.07) is 8.69. The Morgan fingerprint density at radius 1 is 1.26 bits per heavy atom. The van der Waals surface area contributed by atoms with Crippen LogP contribution in [0.25, 0.3) is 0 Å². The maximum atomic E-state index is 5.43. The van der Waals surface area contributed by atoms with Crippen LogP contribution in [-0.2, 0) is 13.1 Å². The molecule has 0 bridgehead atoms. The van der Waals surface area contributed by atoms with E-state index in [9.17, 15) is 0 Å². The van der Waals surface area contributed by atoms with Crippen LogP contribution in [0.5, 0.6) is 0 Å². The zero-order valence-electron chi connectivity index (χ0n) is 13.6. The molecule has 0 aliphatic carbocycles. The van der Waals surface area contributed by atoms with Crippen molar-refractivity contribution in [3.63, 3.8) is 0 Å². The van der Waals surface area contributed by atoms with Crippen molar-refractivity contribution in [1.29, 1.82) is 0 Å². The van der Waals surface area contributed by atoms with E-state index in [0.717, 1.165) is 43.3 Å². The summed E-state index contributed by atoms with van der Waals surface area (Å²) in [6.07, 6.45) is 5.46. The van der Waals surface area contributed by atoms with Gasteiger partial charge >= 0.3 is 0 Å². The molecular weight excluding hydrogens is 312 g/mol. The number of nitrogens with one attached hydrogen (secondary N) is 1. The molecule has 1 N–H and O–H groups in total. The first kappa shape index (κ1) is 17.9. The zero-order valence-corrected chi connectivity index (χ0v) is 14.4. The van der Waals surface area contributed by atoms with Crippen molar-refractivity contribution in [3.8, 4) is 0 Å². The van der Waals surface area contributed by atoms with Gasteiger partial charge in [-0.25, -0.2) is 0 Å². The van der Waals surface area contributed by atoms with Crippen molar-refractivity contribution in [3.05, 3.63) is 47.6 Å². The maximum absolute atomic E-state index is 5.43. The third kappa shape index (κ3) is 5.30. The van der Waals surface area contributed by atoms with Gasteiger partial charge in [-0.1, -0.05) is 11.2 Å². The number of halogens is 1. The molecule has 5 nitrogen and oxygen atoms in total. The van der Waals surface area contributed by atoms with E-state index in [1.165, 1.54) is 19.3 Å². The smallest absolute Gasteiger partial charge is 0.150 e. The fourth-order valence-corrected chi connectivity index (χ4v) is 3.07. The lowest BCUT2D eigenvalue weighted by Crippen LogP contribution is -2.35. The van der Waals surface area contributed by atoms with E-state index in [1.54, 1.807) is 0 Å². The number of pyridine rings is 1. The molecule has 0 spiro atoms. The van der Waals surface area contributed by atoms with Crippen LogP contribution >= 0.6 is 12.4 Å². The lowest BCUT2D eigenvalue weighted by Gasteiger charge is -2.29. The van der Waals surface area contributed by atoms with Crippen LogP contribution in [0.3, 0.4) is 0 Å². The van der Waals surface area contributed by atoms with Crippen molar-refractivity contribution in [1.82, 2.24) is 20.4 Å². The van der Waals surface area contributed by atoms with Crippen LogP contribution in [0.4, 0.5) is 0 Å². The topological polar surface area (TPSA) is 54.2 Å². The summed E-state index contributed by atoms with van der Waals surface area (Å²) in [5.41, 5.74) is 2.05. The van der Waals surface area contributed by atoms with Gasteiger partial charge in [0.1, 0.15) is 0 Å². The third-order valence-electron chi connectivity index (χ3n) is 4.19. The largest absolute Gasteiger partial charge is 0.360 e. The number of hydrogen-bond donors (Lipinski definition) is 1. The van der Waals surface area contributed by atoms with Gasteiger partial charge in [0.2, 0.25) is 0 Å². The predicted molar refractivity (Wildman–Crippen MR) is 92.5 cm³/mol. The molecule has 0 saturated carbocycles. The van der Waals surface area contributed by atoms with E-state index in [0.29, 0.717) is 6.04 Å². The molecule has 0 aromatic carbocycles. The second-order valence-corrected chi connectivity index (χ2v) is 6.00. The molecule has 2 aromatic rings. The molecule has 1 saturated heterocycles. The van der Waals surface area contributed by atoms with Gasteiger partial charge in [0.05, 0.1) is 17.9 Å². The van der Waals surface area contributed by atoms with Crippen LogP contribution in [0.1, 0.15) is 36.4 Å². The second kappa shape index (κ2) is 9.01. The third-order valence-corrected chi connectivity index (χ3v) is 4.19. The molecule has 3 rings (SSSR count). The Balaban J connectivity index is 0.00000192. The minimum Gasteiger partial charge on any atom is -0.360 e. The van der Waals surface area contributed by atoms with Crippen LogP contribution in [0.2, 0.25) is 0 Å². The lowest BCUT2D eigenvalue weighted by molar-refractivity contribution is 0.145. The lowest BCUT2D eigenvalue weighted by atomic mass is 10.1. The fourth-order valence-electron chi connectivity index (χ4n) is 3.07. The van der Waals surface area contributed by atoms with E-state index in [2.05, 4.69) is 26.4 Å². The van der Waals surface area contributed by atoms with E-state index >= 15 is 0 Å². The molecule has 3 heterocycles. The molecule has 2 aromatic heterocycles. The van der Waals surface area contributed by atoms with Gasteiger partial charge in [-0.15, -0.1) is 12.4 Å². The minimum absolute atomic E-state index is 0. The molecule has 23 heavy (non-hydrogen) atoms. The first-order chi connectivity index (χ1) is 10.8. The molecular formula is C17H25ClN4O. The standard InChI is InChI=1S/C17H24N4O.ClH/c1-14-11-17(22-20-14)13-21(12-15-5-2-3-9-19-15)16-6-4-8-18-10-7-16;/h2-3,5,9,11,16,18H,4,6-8,10,12-13H2,1H3;1H. The highest BCUT2D eigenvalue weighted by Crippen LogP contribution is 2.19. The summed E-state index contributed by atoms with van der Waals surface area (Å²) < 4.78 is 5.43. The molecule has 1 aliphatic heterocycles. The Morgan fingerprint density at radius 2 is 2.17 bits per heavy atom. The minimum atomic E-state index is 0. The summed E-state index contributed by atoms with van der Waals surface area (Å²) in [5, 5.41) is 7.50. The Labute approximate surface area is 143 Å². The van der Waals surface area contributed by atoms with Crippen LogP contribution < -0.4 is 5.32 Å². The Kier molecular flexibility index (Phi) is 7.02. The van der Waals surface area contributed by atoms with Gasteiger partial charge in [0, 0.05) is 24.8 Å². The summed E-state index contributed by atoms with van der Waals surface area (Å²) in [5.74, 6) is 0.936. The summed E-state index contributed by atoms with van der Waals surface area (Å²) in [6.45, 7) is 5.81. The van der Waals surface area contributed by atoms with Crippen LogP contribution in [0, 0.1) is 6.92 Å². The average molecular weight is 337 g/mol. The summed E-state index contributed by atoms with van der Waals surface area (Å²) in [7, 11) is 0. The molecule has 0 amide bonds. The second-order valence-electron chi connectivity index (χ2n) is 6.00. The Hall–Kier alpha value is -1.43. The van der Waals surface area contributed by atoms with E-state index in [-0.39, 0.29) is 12.4 Å². The van der Waals surface area contributed by atoms with E-state index in [1.807, 2.05) is 31.3 Å². The zero-order chi connectivity index (χ0) is 15.2. The summed E-state index contributed by atoms with van der Waals surface area (Å²) in [4.78, 5) is 6.96. The molecule has 1 atom stereocenters. The average Bonchev–Trinajstić information content (AvgIpc) is 2.78. The molecule has 0 radical (unpaired) electrons. The van der Waals surface area contributed by atoms with Crippen molar-refractivity contribution >= 4 is 12.4 Å². The number of nitrogens with zero attached hydrogens (tertiary/aromatic N) is 3. The monoisotopic (exact) mass is 336 g/mol. The van der Waals surface area contributed by atoms with Crippen molar-refractivity contribution < 1.29 is 4.52 Å². The highest BCUT2D eigenvalue weighted by atomic mass is 35.5. The van der Waals surface area contributed by atoms with Gasteiger partial charge in [-0.3, -0.25) is 9.88 Å². The Bertz CT molecular complexity index is 567. The summed E-state index contributed by atoms with van der Waals surface area (Å²) >= 11 is 0. The number of aryl methyl sites for hydroxylation is 1. The van der Waals surface area contributed by atoms with Gasteiger partial charge in [0.25, 0.3) is 0 Å². The Morgan fingerprint density at radius 3 is 2.91 bits per heavy atom. The number of hydrogen-bond acceptors (Lipinski definition) is 5. The quantitative estimate of drug-likeness (QED) is 0.909.